The van der Waals surface area contributed by atoms with Crippen molar-refractivity contribution in [3.63, 3.8) is 0 Å². The van der Waals surface area contributed by atoms with Crippen molar-refractivity contribution in [1.82, 2.24) is 5.32 Å². The van der Waals surface area contributed by atoms with Crippen LogP contribution in [0.25, 0.3) is 0 Å². The Hall–Kier alpha value is -1.20. The molecular weight excluding hydrogens is 252 g/mol. The van der Waals surface area contributed by atoms with Crippen molar-refractivity contribution in [2.45, 2.75) is 25.3 Å². The lowest BCUT2D eigenvalue weighted by atomic mass is 9.95. The van der Waals surface area contributed by atoms with Crippen LogP contribution in [0.3, 0.4) is 0 Å². The van der Waals surface area contributed by atoms with Gasteiger partial charge in [0.1, 0.15) is 24.0 Å². The molecular formula is C14H19F2NO2. The maximum absolute atomic E-state index is 13.1. The highest BCUT2D eigenvalue weighted by molar-refractivity contribution is 5.24. The summed E-state index contributed by atoms with van der Waals surface area (Å²) in [4.78, 5) is 0. The molecule has 2 rings (SSSR count). The summed E-state index contributed by atoms with van der Waals surface area (Å²) in [6.07, 6.45) is 2.07. The van der Waals surface area contributed by atoms with E-state index < -0.39 is 17.2 Å². The standard InChI is InChI=1S/C14H19F2NO2/c1-2-17-14(8-18,10-3-4-10)9-19-13-6-11(15)5-12(16)7-13/h5-7,10,17-18H,2-4,8-9H2,1H3. The van der Waals surface area contributed by atoms with E-state index in [0.717, 1.165) is 31.0 Å². The molecule has 0 aromatic heterocycles. The van der Waals surface area contributed by atoms with E-state index in [2.05, 4.69) is 5.32 Å². The van der Waals surface area contributed by atoms with E-state index in [1.807, 2.05) is 6.92 Å². The highest BCUT2D eigenvalue weighted by Crippen LogP contribution is 2.39. The number of hydrogen-bond donors (Lipinski definition) is 2. The first-order chi connectivity index (χ1) is 9.09. The number of ether oxygens (including phenoxy) is 1. The predicted molar refractivity (Wildman–Crippen MR) is 68.1 cm³/mol. The number of likely N-dealkylation sites (N-methyl/N-ethyl adjacent to an activating group) is 1. The van der Waals surface area contributed by atoms with Crippen LogP contribution in [0.5, 0.6) is 5.75 Å². The molecule has 1 saturated carbocycles. The van der Waals surface area contributed by atoms with E-state index in [0.29, 0.717) is 12.5 Å². The second kappa shape index (κ2) is 5.84. The molecule has 2 N–H and O–H groups in total. The van der Waals surface area contributed by atoms with Crippen molar-refractivity contribution in [2.75, 3.05) is 19.8 Å². The van der Waals surface area contributed by atoms with E-state index in [9.17, 15) is 13.9 Å². The molecule has 1 atom stereocenters. The third kappa shape index (κ3) is 3.42. The summed E-state index contributed by atoms with van der Waals surface area (Å²) < 4.78 is 31.6. The maximum Gasteiger partial charge on any atom is 0.129 e. The Kier molecular flexibility index (Phi) is 4.37. The average molecular weight is 271 g/mol. The number of hydrogen-bond acceptors (Lipinski definition) is 3. The Bertz CT molecular complexity index is 417. The molecule has 0 aliphatic heterocycles. The lowest BCUT2D eigenvalue weighted by Gasteiger charge is -2.32. The Balaban J connectivity index is 2.05. The van der Waals surface area contributed by atoms with Gasteiger partial charge in [-0.1, -0.05) is 6.92 Å². The van der Waals surface area contributed by atoms with Gasteiger partial charge in [-0.2, -0.15) is 0 Å². The Morgan fingerprint density at radius 2 is 1.95 bits per heavy atom. The number of nitrogens with one attached hydrogen (secondary N) is 1. The van der Waals surface area contributed by atoms with Crippen molar-refractivity contribution in [3.8, 4) is 5.75 Å². The van der Waals surface area contributed by atoms with E-state index in [1.54, 1.807) is 0 Å². The van der Waals surface area contributed by atoms with Crippen LogP contribution in [0.15, 0.2) is 18.2 Å². The zero-order valence-electron chi connectivity index (χ0n) is 11.0. The molecule has 1 unspecified atom stereocenters. The molecule has 1 aliphatic rings. The quantitative estimate of drug-likeness (QED) is 0.798. The van der Waals surface area contributed by atoms with Crippen LogP contribution >= 0.6 is 0 Å². The molecule has 0 heterocycles. The van der Waals surface area contributed by atoms with Crippen molar-refractivity contribution in [2.24, 2.45) is 5.92 Å². The molecule has 1 aliphatic carbocycles. The molecule has 0 spiro atoms. The Labute approximate surface area is 111 Å². The van der Waals surface area contributed by atoms with Gasteiger partial charge in [-0.15, -0.1) is 0 Å². The van der Waals surface area contributed by atoms with E-state index in [1.165, 1.54) is 0 Å². The van der Waals surface area contributed by atoms with Crippen LogP contribution in [0, 0.1) is 17.6 Å². The summed E-state index contributed by atoms with van der Waals surface area (Å²) in [5, 5.41) is 12.9. The SMILES string of the molecule is CCNC(CO)(COc1cc(F)cc(F)c1)C1CC1. The fraction of sp³-hybridized carbons (Fsp3) is 0.571. The zero-order chi connectivity index (χ0) is 13.9. The van der Waals surface area contributed by atoms with Gasteiger partial charge in [0.25, 0.3) is 0 Å². The molecule has 5 heteroatoms. The molecule has 106 valence electrons. The normalized spacial score (nSPS) is 18.1. The van der Waals surface area contributed by atoms with Crippen molar-refractivity contribution in [3.05, 3.63) is 29.8 Å². The minimum Gasteiger partial charge on any atom is -0.491 e. The van der Waals surface area contributed by atoms with Crippen LogP contribution < -0.4 is 10.1 Å². The van der Waals surface area contributed by atoms with Gasteiger partial charge in [-0.3, -0.25) is 0 Å². The summed E-state index contributed by atoms with van der Waals surface area (Å²) >= 11 is 0. The lowest BCUT2D eigenvalue weighted by Crippen LogP contribution is -2.55. The van der Waals surface area contributed by atoms with Crippen molar-refractivity contribution in [1.29, 1.82) is 0 Å². The lowest BCUT2D eigenvalue weighted by molar-refractivity contribution is 0.0861. The number of rotatable bonds is 7. The zero-order valence-corrected chi connectivity index (χ0v) is 11.0. The smallest absolute Gasteiger partial charge is 0.129 e. The summed E-state index contributed by atoms with van der Waals surface area (Å²) in [6, 6.07) is 3.09. The first-order valence-electron chi connectivity index (χ1n) is 6.54. The van der Waals surface area contributed by atoms with Gasteiger partial charge in [-0.25, -0.2) is 8.78 Å². The largest absolute Gasteiger partial charge is 0.491 e. The summed E-state index contributed by atoms with van der Waals surface area (Å²) in [5.74, 6) is -0.830. The number of aliphatic hydroxyl groups excluding tert-OH is 1. The van der Waals surface area contributed by atoms with E-state index in [4.69, 9.17) is 4.74 Å². The topological polar surface area (TPSA) is 41.5 Å². The van der Waals surface area contributed by atoms with Gasteiger partial charge < -0.3 is 15.2 Å². The first kappa shape index (κ1) is 14.2. The summed E-state index contributed by atoms with van der Waals surface area (Å²) in [5.41, 5.74) is -0.516. The summed E-state index contributed by atoms with van der Waals surface area (Å²) in [6.45, 7) is 2.81. The Morgan fingerprint density at radius 3 is 2.42 bits per heavy atom. The molecule has 0 saturated heterocycles. The number of halogens is 2. The van der Waals surface area contributed by atoms with Gasteiger partial charge in [0.2, 0.25) is 0 Å². The molecule has 0 radical (unpaired) electrons. The van der Waals surface area contributed by atoms with Gasteiger partial charge in [-0.05, 0) is 25.3 Å². The highest BCUT2D eigenvalue weighted by Gasteiger charge is 2.45. The van der Waals surface area contributed by atoms with Crippen LogP contribution in [-0.4, -0.2) is 30.4 Å². The molecule has 1 aromatic rings. The number of aliphatic hydroxyl groups is 1. The minimum absolute atomic E-state index is 0.0523. The highest BCUT2D eigenvalue weighted by atomic mass is 19.1. The second-order valence-electron chi connectivity index (χ2n) is 5.01. The van der Waals surface area contributed by atoms with Gasteiger partial charge >= 0.3 is 0 Å². The van der Waals surface area contributed by atoms with Crippen LogP contribution in [-0.2, 0) is 0 Å². The second-order valence-corrected chi connectivity index (χ2v) is 5.01. The number of benzene rings is 1. The third-order valence-corrected chi connectivity index (χ3v) is 3.50. The van der Waals surface area contributed by atoms with Gasteiger partial charge in [0.15, 0.2) is 0 Å². The maximum atomic E-state index is 13.1. The molecule has 1 aromatic carbocycles. The molecule has 3 nitrogen and oxygen atoms in total. The van der Waals surface area contributed by atoms with E-state index >= 15 is 0 Å². The van der Waals surface area contributed by atoms with Crippen molar-refractivity contribution < 1.29 is 18.6 Å². The fourth-order valence-corrected chi connectivity index (χ4v) is 2.36. The minimum atomic E-state index is -0.667. The average Bonchev–Trinajstić information content (AvgIpc) is 3.18. The van der Waals surface area contributed by atoms with E-state index in [-0.39, 0.29) is 19.0 Å². The van der Waals surface area contributed by atoms with Crippen LogP contribution in [0.1, 0.15) is 19.8 Å². The Morgan fingerprint density at radius 1 is 1.32 bits per heavy atom. The first-order valence-corrected chi connectivity index (χ1v) is 6.54. The van der Waals surface area contributed by atoms with Crippen LogP contribution in [0.4, 0.5) is 8.78 Å². The molecule has 19 heavy (non-hydrogen) atoms. The van der Waals surface area contributed by atoms with Crippen molar-refractivity contribution >= 4 is 0 Å². The molecule has 0 amide bonds. The van der Waals surface area contributed by atoms with Crippen LogP contribution in [0.2, 0.25) is 0 Å². The van der Waals surface area contributed by atoms with Gasteiger partial charge in [0.05, 0.1) is 12.1 Å². The third-order valence-electron chi connectivity index (χ3n) is 3.50. The monoisotopic (exact) mass is 271 g/mol. The van der Waals surface area contributed by atoms with Gasteiger partial charge in [0, 0.05) is 18.2 Å². The fourth-order valence-electron chi connectivity index (χ4n) is 2.36. The predicted octanol–water partition coefficient (Wildman–Crippen LogP) is 2.09. The summed E-state index contributed by atoms with van der Waals surface area (Å²) in [7, 11) is 0. The molecule has 0 bridgehead atoms. The molecule has 1 fully saturated rings.